The molecule has 372 valence electrons. The zero-order chi connectivity index (χ0) is 53.8. The third-order valence-electron chi connectivity index (χ3n) is 10.2. The van der Waals surface area contributed by atoms with Crippen molar-refractivity contribution in [1.82, 2.24) is 4.98 Å². The van der Waals surface area contributed by atoms with Gasteiger partial charge < -0.3 is 31.3 Å². The Morgan fingerprint density at radius 2 is 1.18 bits per heavy atom. The van der Waals surface area contributed by atoms with Gasteiger partial charge in [-0.25, -0.2) is 19.4 Å². The lowest BCUT2D eigenvalue weighted by atomic mass is 10.0. The van der Waals surface area contributed by atoms with E-state index in [1.165, 1.54) is 67.6 Å². The molecule has 0 atom stereocenters. The van der Waals surface area contributed by atoms with Gasteiger partial charge in [-0.05, 0) is 91.3 Å². The Hall–Kier alpha value is -8.99. The Bertz CT molecular complexity index is 3900. The predicted octanol–water partition coefficient (Wildman–Crippen LogP) is 11.3. The largest absolute Gasteiger partial charge is 0.478 e. The molecule has 0 aliphatic rings. The normalized spacial score (nSPS) is 11.5. The van der Waals surface area contributed by atoms with Crippen molar-refractivity contribution in [1.29, 1.82) is 10.5 Å². The number of aromatic nitrogens is 1. The van der Waals surface area contributed by atoms with Crippen LogP contribution in [0.5, 0.6) is 0 Å². The molecule has 0 saturated carbocycles. The highest BCUT2D eigenvalue weighted by Crippen LogP contribution is 2.49. The number of anilines is 5. The average molecular weight is 1100 g/mol. The quantitative estimate of drug-likeness (QED) is 0.0329. The number of nitriles is 2. The lowest BCUT2D eigenvalue weighted by Gasteiger charge is -2.16. The molecule has 0 unspecified atom stereocenters. The molecule has 8 N–H and O–H groups in total. The van der Waals surface area contributed by atoms with Crippen molar-refractivity contribution in [3.05, 3.63) is 152 Å². The van der Waals surface area contributed by atoms with E-state index in [0.717, 1.165) is 42.5 Å². The molecule has 2 heterocycles. The van der Waals surface area contributed by atoms with Crippen molar-refractivity contribution in [2.45, 2.75) is 16.7 Å². The van der Waals surface area contributed by atoms with Crippen molar-refractivity contribution >= 4 is 129 Å². The smallest absolute Gasteiger partial charge is 0.336 e. The van der Waals surface area contributed by atoms with Gasteiger partial charge in [0, 0.05) is 28.2 Å². The van der Waals surface area contributed by atoms with Crippen LogP contribution in [0.15, 0.2) is 133 Å². The number of carboxylic acid groups (broad SMARTS) is 3. The topological polar surface area (TPSA) is 384 Å². The Labute approximate surface area is 430 Å². The van der Waals surface area contributed by atoms with Crippen LogP contribution in [0.1, 0.15) is 58.1 Å². The van der Waals surface area contributed by atoms with Crippen LogP contribution in [0, 0.1) is 29.6 Å². The van der Waals surface area contributed by atoms with Gasteiger partial charge in [0.15, 0.2) is 16.6 Å². The lowest BCUT2D eigenvalue weighted by molar-refractivity contribution is 0.0681. The van der Waals surface area contributed by atoms with Crippen LogP contribution in [0.25, 0.3) is 11.1 Å². The van der Waals surface area contributed by atoms with E-state index >= 15 is 0 Å². The monoisotopic (exact) mass is 1090 g/mol. The van der Waals surface area contributed by atoms with Gasteiger partial charge in [0.05, 0.1) is 43.5 Å². The summed E-state index contributed by atoms with van der Waals surface area (Å²) in [7, 11) is -9.74. The van der Waals surface area contributed by atoms with Crippen molar-refractivity contribution < 1.29 is 60.4 Å². The van der Waals surface area contributed by atoms with Crippen LogP contribution >= 0.6 is 34.5 Å². The third kappa shape index (κ3) is 11.7. The third-order valence-corrected chi connectivity index (χ3v) is 13.8. The van der Waals surface area contributed by atoms with Gasteiger partial charge in [0.25, 0.3) is 26.1 Å². The minimum atomic E-state index is -4.90. The second kappa shape index (κ2) is 21.4. The van der Waals surface area contributed by atoms with Gasteiger partial charge in [0.1, 0.15) is 38.2 Å². The second-order valence-corrected chi connectivity index (χ2v) is 19.6. The van der Waals surface area contributed by atoms with Crippen molar-refractivity contribution in [3.8, 4) is 23.3 Å². The number of benzene rings is 5. The molecule has 28 heteroatoms. The van der Waals surface area contributed by atoms with Gasteiger partial charge in [0.2, 0.25) is 0 Å². The molecule has 5 aromatic carbocycles. The maximum absolute atomic E-state index is 13.4. The van der Waals surface area contributed by atoms with Crippen molar-refractivity contribution in [2.75, 3.05) is 16.0 Å². The average Bonchev–Trinajstić information content (AvgIpc) is 3.70. The van der Waals surface area contributed by atoms with Crippen LogP contribution in [-0.4, -0.2) is 70.1 Å². The van der Waals surface area contributed by atoms with Gasteiger partial charge in [-0.15, -0.1) is 20.5 Å². The molecule has 1 amide bonds. The van der Waals surface area contributed by atoms with Crippen LogP contribution in [0.4, 0.5) is 50.1 Å². The summed E-state index contributed by atoms with van der Waals surface area (Å²) in [6, 6.07) is 25.1. The number of halogens is 2. The van der Waals surface area contributed by atoms with E-state index in [4.69, 9.17) is 23.2 Å². The fraction of sp³-hybridized carbons (Fsp3) is 0.0217. The van der Waals surface area contributed by atoms with Gasteiger partial charge in [-0.2, -0.15) is 27.4 Å². The number of aromatic carboxylic acids is 3. The molecule has 0 bridgehead atoms. The highest BCUT2D eigenvalue weighted by atomic mass is 35.5. The van der Waals surface area contributed by atoms with E-state index < -0.39 is 65.0 Å². The van der Waals surface area contributed by atoms with E-state index in [0.29, 0.717) is 11.3 Å². The second-order valence-electron chi connectivity index (χ2n) is 15.0. The number of nitrogens with one attached hydrogen (secondary N) is 3. The molecule has 74 heavy (non-hydrogen) atoms. The van der Waals surface area contributed by atoms with E-state index in [2.05, 4.69) is 41.4 Å². The molecule has 0 spiro atoms. The number of amides is 1. The first kappa shape index (κ1) is 52.8. The van der Waals surface area contributed by atoms with E-state index in [9.17, 15) is 71.0 Å². The van der Waals surface area contributed by atoms with E-state index in [1.54, 1.807) is 0 Å². The molecular formula is C46H28Cl2N10O13S3. The number of thiophene rings is 1. The fourth-order valence-corrected chi connectivity index (χ4v) is 9.73. The maximum Gasteiger partial charge on any atom is 0.336 e. The number of nitrogens with zero attached hydrogens (tertiary/aromatic N) is 7. The zero-order valence-corrected chi connectivity index (χ0v) is 40.9. The van der Waals surface area contributed by atoms with Gasteiger partial charge >= 0.3 is 17.9 Å². The van der Waals surface area contributed by atoms with Gasteiger partial charge in [-0.3, -0.25) is 13.9 Å². The number of pyridine rings is 1. The fourth-order valence-electron chi connectivity index (χ4n) is 6.81. The molecule has 2 aromatic heterocycles. The minimum Gasteiger partial charge on any atom is -0.478 e. The lowest BCUT2D eigenvalue weighted by Crippen LogP contribution is -2.16. The van der Waals surface area contributed by atoms with Crippen LogP contribution in [0.2, 0.25) is 10.0 Å². The number of azo groups is 2. The Balaban J connectivity index is 1.41. The molecule has 23 nitrogen and oxygen atoms in total. The Kier molecular flexibility index (Phi) is 15.3. The van der Waals surface area contributed by atoms with Crippen molar-refractivity contribution in [3.63, 3.8) is 0 Å². The highest BCUT2D eigenvalue weighted by molar-refractivity contribution is 7.86. The predicted molar refractivity (Wildman–Crippen MR) is 267 cm³/mol. The summed E-state index contributed by atoms with van der Waals surface area (Å²) >= 11 is 12.8. The standard InChI is InChI=1S/C46H28Cl2N10O13S3/c1-21-31(19-49)39(51-26-9-11-33(47)35(17-26)73(66,67)68)54-40(52-27-10-12-34(48)36(18-27)74(69,70)71)38(21)56-57-42-32(20-50)37(43(72-42)58-55-28-15-23(44(60)61)13-24(16-28)45(62)63)22-5-4-6-25(14-22)53-41(59)29-7-2-3-8-30(29)46(64)65/h2-18H,1H3,(H,53,59)(H,60,61)(H,62,63)(H,64,65)(H2,51,52,54)(H,66,67,68)(H,69,70,71). The highest BCUT2D eigenvalue weighted by Gasteiger charge is 2.25. The molecular weight excluding hydrogens is 1070 g/mol. The number of carboxylic acids is 3. The molecule has 7 aromatic rings. The van der Waals surface area contributed by atoms with Gasteiger partial charge in [-0.1, -0.05) is 58.8 Å². The molecule has 0 radical (unpaired) electrons. The number of carbonyl (C=O) groups is 4. The van der Waals surface area contributed by atoms with Crippen molar-refractivity contribution in [2.24, 2.45) is 20.5 Å². The number of hydrogen-bond acceptors (Lipinski definition) is 18. The summed E-state index contributed by atoms with van der Waals surface area (Å²) in [6.07, 6.45) is 0. The maximum atomic E-state index is 13.4. The summed E-state index contributed by atoms with van der Waals surface area (Å²) < 4.78 is 68.2. The van der Waals surface area contributed by atoms with Crippen LogP contribution in [-0.2, 0) is 20.2 Å². The van der Waals surface area contributed by atoms with Crippen LogP contribution in [0.3, 0.4) is 0 Å². The first-order valence-corrected chi connectivity index (χ1v) is 24.7. The summed E-state index contributed by atoms with van der Waals surface area (Å²) in [6.45, 7) is 1.40. The number of carbonyl (C=O) groups excluding carboxylic acids is 1. The summed E-state index contributed by atoms with van der Waals surface area (Å²) in [5.41, 5.74) is -2.08. The molecule has 7 rings (SSSR count). The Morgan fingerprint density at radius 1 is 0.622 bits per heavy atom. The van der Waals surface area contributed by atoms with Crippen LogP contribution < -0.4 is 16.0 Å². The molecule has 0 saturated heterocycles. The summed E-state index contributed by atoms with van der Waals surface area (Å²) in [5.74, 6) is -5.66. The van der Waals surface area contributed by atoms with E-state index in [-0.39, 0.29) is 99.1 Å². The summed E-state index contributed by atoms with van der Waals surface area (Å²) in [5, 5.41) is 74.6. The number of rotatable bonds is 16. The Morgan fingerprint density at radius 3 is 1.72 bits per heavy atom. The molecule has 0 aliphatic heterocycles. The van der Waals surface area contributed by atoms with E-state index in [1.807, 2.05) is 12.1 Å². The first-order valence-electron chi connectivity index (χ1n) is 20.3. The number of hydrogen-bond donors (Lipinski definition) is 8. The first-order chi connectivity index (χ1) is 35.0. The molecule has 0 fully saturated rings. The minimum absolute atomic E-state index is 0.00155. The SMILES string of the molecule is Cc1c(C#N)c(Nc2ccc(Cl)c(S(=O)(=O)O)c2)nc(Nc2ccc(Cl)c(S(=O)(=O)O)c2)c1N=Nc1sc(N=Nc2cc(C(=O)O)cc(C(=O)O)c2)c(-c2cccc(NC(=O)c3ccccc3C(=O)O)c2)c1C#N. The molecule has 0 aliphatic carbocycles. The summed E-state index contributed by atoms with van der Waals surface area (Å²) in [4.78, 5) is 52.2. The zero-order valence-electron chi connectivity index (χ0n) is 36.9.